The third-order valence-electron chi connectivity index (χ3n) is 3.60. The number of nitro benzene ring substituents is 1. The van der Waals surface area contributed by atoms with Crippen LogP contribution in [0.4, 0.5) is 11.4 Å². The topological polar surface area (TPSA) is 81.9 Å². The fourth-order valence-corrected chi connectivity index (χ4v) is 2.53. The van der Waals surface area contributed by atoms with Gasteiger partial charge in [-0.15, -0.1) is 0 Å². The van der Waals surface area contributed by atoms with E-state index < -0.39 is 10.9 Å². The first-order valence-corrected chi connectivity index (χ1v) is 6.78. The predicted octanol–water partition coefficient (Wildman–Crippen LogP) is 2.38. The minimum Gasteiger partial charge on any atom is -0.496 e. The molecule has 0 unspecified atom stereocenters. The van der Waals surface area contributed by atoms with Gasteiger partial charge in [0.05, 0.1) is 19.1 Å². The van der Waals surface area contributed by atoms with Gasteiger partial charge in [0.15, 0.2) is 0 Å². The molecule has 0 spiro atoms. The number of benzene rings is 1. The molecule has 7 nitrogen and oxygen atoms in total. The largest absolute Gasteiger partial charge is 0.496 e. The van der Waals surface area contributed by atoms with Crippen LogP contribution in [0.3, 0.4) is 0 Å². The molecule has 1 aliphatic heterocycles. The van der Waals surface area contributed by atoms with Crippen LogP contribution in [0, 0.1) is 10.1 Å². The van der Waals surface area contributed by atoms with Crippen LogP contribution in [-0.4, -0.2) is 38.2 Å². The number of carbonyl (C=O) groups excluding carboxylic acids is 1. The van der Waals surface area contributed by atoms with E-state index >= 15 is 0 Å². The SMILES string of the molecule is COC(=O)c1cc([N+](=O)[O-])c(N2CCCCC2)cc1OC. The Kier molecular flexibility index (Phi) is 4.62. The summed E-state index contributed by atoms with van der Waals surface area (Å²) in [7, 11) is 2.65. The fourth-order valence-electron chi connectivity index (χ4n) is 2.53. The van der Waals surface area contributed by atoms with Gasteiger partial charge in [-0.05, 0) is 19.3 Å². The summed E-state index contributed by atoms with van der Waals surface area (Å²) < 4.78 is 9.83. The number of carbonyl (C=O) groups is 1. The zero-order valence-corrected chi connectivity index (χ0v) is 12.1. The standard InChI is InChI=1S/C14H18N2O5/c1-20-13-9-11(15-6-4-3-5-7-15)12(16(18)19)8-10(13)14(17)21-2/h8-9H,3-7H2,1-2H3. The van der Waals surface area contributed by atoms with Gasteiger partial charge >= 0.3 is 5.97 Å². The second-order valence-corrected chi connectivity index (χ2v) is 4.84. The summed E-state index contributed by atoms with van der Waals surface area (Å²) in [4.78, 5) is 24.5. The highest BCUT2D eigenvalue weighted by Crippen LogP contribution is 2.36. The third kappa shape index (κ3) is 3.07. The zero-order valence-electron chi connectivity index (χ0n) is 12.1. The molecule has 1 saturated heterocycles. The number of piperidine rings is 1. The summed E-state index contributed by atoms with van der Waals surface area (Å²) in [5.41, 5.74) is 0.453. The van der Waals surface area contributed by atoms with Crippen molar-refractivity contribution in [2.45, 2.75) is 19.3 Å². The molecule has 7 heteroatoms. The molecular weight excluding hydrogens is 276 g/mol. The van der Waals surface area contributed by atoms with Gasteiger partial charge in [-0.2, -0.15) is 0 Å². The van der Waals surface area contributed by atoms with E-state index in [4.69, 9.17) is 4.74 Å². The van der Waals surface area contributed by atoms with E-state index in [2.05, 4.69) is 4.74 Å². The van der Waals surface area contributed by atoms with Crippen molar-refractivity contribution in [2.75, 3.05) is 32.2 Å². The maximum atomic E-state index is 11.7. The first-order valence-electron chi connectivity index (χ1n) is 6.78. The lowest BCUT2D eigenvalue weighted by Crippen LogP contribution is -2.30. The first kappa shape index (κ1) is 15.1. The minimum absolute atomic E-state index is 0.0625. The van der Waals surface area contributed by atoms with Crippen LogP contribution in [0.5, 0.6) is 5.75 Å². The lowest BCUT2D eigenvalue weighted by Gasteiger charge is -2.28. The maximum Gasteiger partial charge on any atom is 0.341 e. The molecule has 1 aliphatic rings. The molecule has 1 fully saturated rings. The van der Waals surface area contributed by atoms with E-state index in [1.165, 1.54) is 20.3 Å². The molecule has 1 aromatic carbocycles. The molecule has 1 aromatic rings. The molecule has 1 heterocycles. The lowest BCUT2D eigenvalue weighted by atomic mass is 10.1. The summed E-state index contributed by atoms with van der Waals surface area (Å²) in [6.07, 6.45) is 3.12. The molecule has 0 aromatic heterocycles. The number of ether oxygens (including phenoxy) is 2. The molecule has 0 bridgehead atoms. The van der Waals surface area contributed by atoms with Crippen LogP contribution in [0.2, 0.25) is 0 Å². The number of hydrogen-bond donors (Lipinski definition) is 0. The number of nitro groups is 1. The number of hydrogen-bond acceptors (Lipinski definition) is 6. The zero-order chi connectivity index (χ0) is 15.4. The summed E-state index contributed by atoms with van der Waals surface area (Å²) in [6, 6.07) is 2.78. The van der Waals surface area contributed by atoms with Crippen molar-refractivity contribution >= 4 is 17.3 Å². The average Bonchev–Trinajstić information content (AvgIpc) is 2.53. The monoisotopic (exact) mass is 294 g/mol. The van der Waals surface area contributed by atoms with E-state index in [9.17, 15) is 14.9 Å². The lowest BCUT2D eigenvalue weighted by molar-refractivity contribution is -0.384. The van der Waals surface area contributed by atoms with Gasteiger partial charge in [-0.3, -0.25) is 10.1 Å². The van der Waals surface area contributed by atoms with Gasteiger partial charge in [-0.1, -0.05) is 0 Å². The van der Waals surface area contributed by atoms with Gasteiger partial charge < -0.3 is 14.4 Å². The summed E-state index contributed by atoms with van der Waals surface area (Å²) in [5, 5.41) is 11.3. The molecule has 0 amide bonds. The Morgan fingerprint density at radius 3 is 2.43 bits per heavy atom. The van der Waals surface area contributed by atoms with Crippen molar-refractivity contribution in [1.82, 2.24) is 0 Å². The average molecular weight is 294 g/mol. The van der Waals surface area contributed by atoms with Crippen LogP contribution in [-0.2, 0) is 4.74 Å². The van der Waals surface area contributed by atoms with Crippen molar-refractivity contribution in [3.8, 4) is 5.75 Å². The predicted molar refractivity (Wildman–Crippen MR) is 77.1 cm³/mol. The van der Waals surface area contributed by atoms with Gasteiger partial charge in [0, 0.05) is 25.2 Å². The second-order valence-electron chi connectivity index (χ2n) is 4.84. The Morgan fingerprint density at radius 2 is 1.90 bits per heavy atom. The molecule has 0 saturated carbocycles. The molecule has 0 atom stereocenters. The smallest absolute Gasteiger partial charge is 0.341 e. The Hall–Kier alpha value is -2.31. The molecule has 0 radical (unpaired) electrons. The molecule has 114 valence electrons. The molecule has 0 N–H and O–H groups in total. The van der Waals surface area contributed by atoms with Crippen molar-refractivity contribution in [2.24, 2.45) is 0 Å². The van der Waals surface area contributed by atoms with Crippen LogP contribution >= 0.6 is 0 Å². The van der Waals surface area contributed by atoms with Crippen LogP contribution in [0.1, 0.15) is 29.6 Å². The Balaban J connectivity index is 2.52. The van der Waals surface area contributed by atoms with Crippen molar-refractivity contribution < 1.29 is 19.2 Å². The highest BCUT2D eigenvalue weighted by molar-refractivity contribution is 5.95. The highest BCUT2D eigenvalue weighted by Gasteiger charge is 2.26. The van der Waals surface area contributed by atoms with Gasteiger partial charge in [0.2, 0.25) is 0 Å². The number of methoxy groups -OCH3 is 2. The summed E-state index contributed by atoms with van der Waals surface area (Å²) in [6.45, 7) is 1.53. The highest BCUT2D eigenvalue weighted by atomic mass is 16.6. The van der Waals surface area contributed by atoms with Crippen molar-refractivity contribution in [3.05, 3.63) is 27.8 Å². The molecular formula is C14H18N2O5. The van der Waals surface area contributed by atoms with Crippen LogP contribution in [0.25, 0.3) is 0 Å². The second kappa shape index (κ2) is 6.43. The van der Waals surface area contributed by atoms with E-state index in [1.54, 1.807) is 6.07 Å². The number of esters is 1. The fraction of sp³-hybridized carbons (Fsp3) is 0.500. The Morgan fingerprint density at radius 1 is 1.24 bits per heavy atom. The van der Waals surface area contributed by atoms with Crippen molar-refractivity contribution in [1.29, 1.82) is 0 Å². The normalized spacial score (nSPS) is 14.7. The minimum atomic E-state index is -0.653. The van der Waals surface area contributed by atoms with Gasteiger partial charge in [0.25, 0.3) is 5.69 Å². The van der Waals surface area contributed by atoms with Crippen molar-refractivity contribution in [3.63, 3.8) is 0 Å². The third-order valence-corrected chi connectivity index (χ3v) is 3.60. The van der Waals surface area contributed by atoms with Crippen LogP contribution < -0.4 is 9.64 Å². The van der Waals surface area contributed by atoms with Crippen LogP contribution in [0.15, 0.2) is 12.1 Å². The molecule has 0 aliphatic carbocycles. The van der Waals surface area contributed by atoms with E-state index in [0.717, 1.165) is 32.4 Å². The quantitative estimate of drug-likeness (QED) is 0.482. The van der Waals surface area contributed by atoms with Gasteiger partial charge in [0.1, 0.15) is 17.0 Å². The van der Waals surface area contributed by atoms with E-state index in [1.807, 2.05) is 4.90 Å². The first-order chi connectivity index (χ1) is 10.1. The molecule has 21 heavy (non-hydrogen) atoms. The maximum absolute atomic E-state index is 11.7. The van der Waals surface area contributed by atoms with Gasteiger partial charge in [-0.25, -0.2) is 4.79 Å². The summed E-state index contributed by atoms with van der Waals surface area (Å²) in [5.74, 6) is -0.367. The molecule has 2 rings (SSSR count). The Bertz CT molecular complexity index is 553. The number of anilines is 1. The summed E-state index contributed by atoms with van der Waals surface area (Å²) >= 11 is 0. The number of nitrogens with zero attached hydrogens (tertiary/aromatic N) is 2. The number of rotatable bonds is 4. The Labute approximate surface area is 122 Å². The van der Waals surface area contributed by atoms with E-state index in [-0.39, 0.29) is 17.0 Å². The van der Waals surface area contributed by atoms with E-state index in [0.29, 0.717) is 5.69 Å².